The van der Waals surface area contributed by atoms with Crippen LogP contribution in [0.1, 0.15) is 25.8 Å². The summed E-state index contributed by atoms with van der Waals surface area (Å²) in [6.45, 7) is 7.81. The van der Waals surface area contributed by atoms with Gasteiger partial charge >= 0.3 is 0 Å². The van der Waals surface area contributed by atoms with Crippen molar-refractivity contribution in [1.29, 1.82) is 0 Å². The fourth-order valence-corrected chi connectivity index (χ4v) is 4.18. The molecule has 5 atom stereocenters. The van der Waals surface area contributed by atoms with E-state index in [0.29, 0.717) is 48.0 Å². The molecule has 3 rings (SSSR count). The molecule has 0 amide bonds. The zero-order valence-electron chi connectivity index (χ0n) is 18.3. The fourth-order valence-electron chi connectivity index (χ4n) is 3.94. The van der Waals surface area contributed by atoms with Crippen LogP contribution in [0.5, 0.6) is 5.75 Å². The first-order valence-corrected chi connectivity index (χ1v) is 11.0. The Bertz CT molecular complexity index is 879. The molecule has 0 aliphatic carbocycles. The van der Waals surface area contributed by atoms with Crippen molar-refractivity contribution >= 4 is 11.6 Å². The van der Waals surface area contributed by atoms with Crippen LogP contribution in [-0.2, 0) is 15.9 Å². The van der Waals surface area contributed by atoms with Gasteiger partial charge in [-0.3, -0.25) is 0 Å². The number of alkyl halides is 1. The Labute approximate surface area is 192 Å². The lowest BCUT2D eigenvalue weighted by molar-refractivity contribution is -0.214. The Kier molecular flexibility index (Phi) is 8.36. The van der Waals surface area contributed by atoms with E-state index in [4.69, 9.17) is 25.8 Å². The predicted octanol–water partition coefficient (Wildman–Crippen LogP) is 3.19. The summed E-state index contributed by atoms with van der Waals surface area (Å²) < 4.78 is 30.0. The molecular formula is C24H30ClFO6. The zero-order valence-corrected chi connectivity index (χ0v) is 19.0. The number of hydrogen-bond donors (Lipinski definition) is 3. The van der Waals surface area contributed by atoms with Crippen LogP contribution in [0.4, 0.5) is 4.39 Å². The first-order valence-electron chi connectivity index (χ1n) is 10.7. The number of ether oxygens (including phenoxy) is 3. The number of hydrogen-bond acceptors (Lipinski definition) is 6. The monoisotopic (exact) mass is 468 g/mol. The van der Waals surface area contributed by atoms with Crippen molar-refractivity contribution in [1.82, 2.24) is 0 Å². The van der Waals surface area contributed by atoms with E-state index in [9.17, 15) is 19.7 Å². The van der Waals surface area contributed by atoms with Gasteiger partial charge in [0.1, 0.15) is 48.7 Å². The van der Waals surface area contributed by atoms with Crippen molar-refractivity contribution in [2.24, 2.45) is 0 Å². The first-order chi connectivity index (χ1) is 15.3. The number of rotatable bonds is 8. The van der Waals surface area contributed by atoms with Crippen LogP contribution >= 0.6 is 11.6 Å². The van der Waals surface area contributed by atoms with Gasteiger partial charge in [0.05, 0.1) is 18.2 Å². The van der Waals surface area contributed by atoms with E-state index >= 15 is 0 Å². The van der Waals surface area contributed by atoms with Crippen LogP contribution in [0, 0.1) is 0 Å². The van der Waals surface area contributed by atoms with E-state index in [1.54, 1.807) is 0 Å². The van der Waals surface area contributed by atoms with Crippen LogP contribution in [0.3, 0.4) is 0 Å². The van der Waals surface area contributed by atoms with Crippen LogP contribution < -0.4 is 4.74 Å². The molecule has 1 fully saturated rings. The highest BCUT2D eigenvalue weighted by atomic mass is 35.5. The van der Waals surface area contributed by atoms with Gasteiger partial charge in [0.25, 0.3) is 0 Å². The van der Waals surface area contributed by atoms with Crippen molar-refractivity contribution in [2.45, 2.75) is 57.2 Å². The van der Waals surface area contributed by atoms with Gasteiger partial charge in [-0.25, -0.2) is 4.39 Å². The molecule has 0 bridgehead atoms. The Balaban J connectivity index is 1.82. The molecule has 6 nitrogen and oxygen atoms in total. The second kappa shape index (κ2) is 10.8. The molecule has 2 aliphatic rings. The molecule has 1 aromatic rings. The molecule has 0 aromatic heterocycles. The third kappa shape index (κ3) is 5.18. The van der Waals surface area contributed by atoms with Crippen molar-refractivity contribution in [3.8, 4) is 5.75 Å². The number of benzene rings is 1. The SMILES string of the molecule is C=C(C1=C(C(Cl)=C(C)Cc2ccc(OCC)cc2)OCC1)C1OC(CF)C(O)C(O)C1O. The Morgan fingerprint density at radius 1 is 1.19 bits per heavy atom. The summed E-state index contributed by atoms with van der Waals surface area (Å²) in [6, 6.07) is 7.75. The molecule has 176 valence electrons. The molecule has 0 saturated carbocycles. The van der Waals surface area contributed by atoms with Gasteiger partial charge in [-0.15, -0.1) is 0 Å². The topological polar surface area (TPSA) is 88.4 Å². The lowest BCUT2D eigenvalue weighted by Crippen LogP contribution is -2.58. The van der Waals surface area contributed by atoms with E-state index in [1.165, 1.54) is 0 Å². The molecule has 32 heavy (non-hydrogen) atoms. The summed E-state index contributed by atoms with van der Waals surface area (Å²) in [5.41, 5.74) is 2.92. The third-order valence-electron chi connectivity index (χ3n) is 5.75. The van der Waals surface area contributed by atoms with Crippen LogP contribution in [0.2, 0.25) is 0 Å². The maximum atomic E-state index is 13.2. The summed E-state index contributed by atoms with van der Waals surface area (Å²) in [4.78, 5) is 0. The summed E-state index contributed by atoms with van der Waals surface area (Å²) >= 11 is 6.67. The minimum atomic E-state index is -1.55. The molecule has 1 saturated heterocycles. The number of aliphatic hydroxyl groups excluding tert-OH is 3. The smallest absolute Gasteiger partial charge is 0.141 e. The van der Waals surface area contributed by atoms with E-state index in [2.05, 4.69) is 6.58 Å². The molecule has 0 spiro atoms. The highest BCUT2D eigenvalue weighted by molar-refractivity contribution is 6.32. The summed E-state index contributed by atoms with van der Waals surface area (Å²) in [5, 5.41) is 30.8. The summed E-state index contributed by atoms with van der Waals surface area (Å²) in [7, 11) is 0. The molecule has 5 unspecified atom stereocenters. The highest BCUT2D eigenvalue weighted by Crippen LogP contribution is 2.38. The minimum absolute atomic E-state index is 0.349. The van der Waals surface area contributed by atoms with Gasteiger partial charge in [0.2, 0.25) is 0 Å². The molecule has 8 heteroatoms. The lowest BCUT2D eigenvalue weighted by atomic mass is 9.88. The van der Waals surface area contributed by atoms with Gasteiger partial charge in [0, 0.05) is 12.0 Å². The standard InChI is InChI=1S/C24H30ClFO6/c1-4-30-16-7-5-15(6-8-16)11-13(2)19(25)24-17(9-10-31-24)14(3)23-22(29)21(28)20(27)18(12-26)32-23/h5-8,18,20-23,27-29H,3-4,9-12H2,1-2H3. The normalized spacial score (nSPS) is 28.9. The zero-order chi connectivity index (χ0) is 23.4. The quantitative estimate of drug-likeness (QED) is 0.543. The van der Waals surface area contributed by atoms with E-state index < -0.39 is 37.2 Å². The number of halogens is 2. The van der Waals surface area contributed by atoms with Crippen molar-refractivity contribution < 1.29 is 33.9 Å². The molecule has 2 heterocycles. The van der Waals surface area contributed by atoms with Gasteiger partial charge < -0.3 is 29.5 Å². The van der Waals surface area contributed by atoms with Gasteiger partial charge in [-0.05, 0) is 49.1 Å². The van der Waals surface area contributed by atoms with Crippen LogP contribution in [0.15, 0.2) is 58.4 Å². The molecular weight excluding hydrogens is 439 g/mol. The highest BCUT2D eigenvalue weighted by Gasteiger charge is 2.45. The number of allylic oxidation sites excluding steroid dienone is 2. The molecule has 3 N–H and O–H groups in total. The van der Waals surface area contributed by atoms with Gasteiger partial charge in [-0.1, -0.05) is 30.3 Å². The van der Waals surface area contributed by atoms with Crippen molar-refractivity contribution in [3.63, 3.8) is 0 Å². The summed E-state index contributed by atoms with van der Waals surface area (Å²) in [5.74, 6) is 1.24. The molecule has 0 radical (unpaired) electrons. The second-order valence-corrected chi connectivity index (χ2v) is 8.38. The fraction of sp³-hybridized carbons (Fsp3) is 0.500. The molecule has 1 aromatic carbocycles. The predicted molar refractivity (Wildman–Crippen MR) is 119 cm³/mol. The van der Waals surface area contributed by atoms with Gasteiger partial charge in [-0.2, -0.15) is 0 Å². The Morgan fingerprint density at radius 2 is 1.88 bits per heavy atom. The number of aliphatic hydroxyl groups is 3. The average Bonchev–Trinajstić information content (AvgIpc) is 3.28. The van der Waals surface area contributed by atoms with Crippen molar-refractivity contribution in [3.05, 3.63) is 63.9 Å². The van der Waals surface area contributed by atoms with E-state index in [1.807, 2.05) is 38.1 Å². The van der Waals surface area contributed by atoms with Crippen molar-refractivity contribution in [2.75, 3.05) is 19.9 Å². The van der Waals surface area contributed by atoms with E-state index in [0.717, 1.165) is 16.9 Å². The third-order valence-corrected chi connectivity index (χ3v) is 6.24. The maximum absolute atomic E-state index is 13.2. The minimum Gasteiger partial charge on any atom is -0.494 e. The average molecular weight is 469 g/mol. The lowest BCUT2D eigenvalue weighted by Gasteiger charge is -2.40. The summed E-state index contributed by atoms with van der Waals surface area (Å²) in [6.07, 6.45) is -5.80. The first kappa shape index (κ1) is 24.7. The van der Waals surface area contributed by atoms with Crippen LogP contribution in [0.25, 0.3) is 0 Å². The Hall–Kier alpha value is -1.90. The van der Waals surface area contributed by atoms with E-state index in [-0.39, 0.29) is 0 Å². The second-order valence-electron chi connectivity index (χ2n) is 8.00. The molecule has 2 aliphatic heterocycles. The van der Waals surface area contributed by atoms with Crippen LogP contribution in [-0.4, -0.2) is 65.7 Å². The van der Waals surface area contributed by atoms with Gasteiger partial charge in [0.15, 0.2) is 0 Å². The maximum Gasteiger partial charge on any atom is 0.141 e. The Morgan fingerprint density at radius 3 is 2.50 bits per heavy atom. The largest absolute Gasteiger partial charge is 0.494 e.